The van der Waals surface area contributed by atoms with Gasteiger partial charge in [-0.05, 0) is 51.3 Å². The van der Waals surface area contributed by atoms with Crippen molar-refractivity contribution in [3.63, 3.8) is 0 Å². The molecular weight excluding hydrogens is 513 g/mol. The van der Waals surface area contributed by atoms with E-state index < -0.39 is 24.3 Å². The number of carbonyl (C=O) groups excluding carboxylic acids is 3. The average Bonchev–Trinajstić information content (AvgIpc) is 3.32. The van der Waals surface area contributed by atoms with Crippen LogP contribution < -0.4 is 4.74 Å². The highest BCUT2D eigenvalue weighted by molar-refractivity contribution is 6.04. The quantitative estimate of drug-likeness (QED) is 0.246. The molecule has 1 saturated heterocycles. The molecule has 0 aromatic heterocycles. The first kappa shape index (κ1) is 29.7. The van der Waals surface area contributed by atoms with Crippen LogP contribution >= 0.6 is 0 Å². The summed E-state index contributed by atoms with van der Waals surface area (Å²) in [4.78, 5) is 40.2. The van der Waals surface area contributed by atoms with Crippen molar-refractivity contribution >= 4 is 17.7 Å². The predicted molar refractivity (Wildman–Crippen MR) is 150 cm³/mol. The highest BCUT2D eigenvalue weighted by Crippen LogP contribution is 2.45. The molecular formula is C32H40FNO6. The fourth-order valence-corrected chi connectivity index (χ4v) is 5.36. The summed E-state index contributed by atoms with van der Waals surface area (Å²) in [6, 6.07) is 12.9. The Balaban J connectivity index is 1.41. The summed E-state index contributed by atoms with van der Waals surface area (Å²) in [6.07, 6.45) is 1.50. The van der Waals surface area contributed by atoms with Crippen LogP contribution in [0.4, 0.5) is 9.18 Å². The van der Waals surface area contributed by atoms with Gasteiger partial charge in [-0.2, -0.15) is 0 Å². The van der Waals surface area contributed by atoms with Crippen molar-refractivity contribution in [2.75, 3.05) is 26.4 Å². The lowest BCUT2D eigenvalue weighted by molar-refractivity contribution is -0.0451. The molecule has 0 radical (unpaired) electrons. The number of rotatable bonds is 10. The lowest BCUT2D eigenvalue weighted by atomic mass is 9.85. The summed E-state index contributed by atoms with van der Waals surface area (Å²) in [7, 11) is 0. The van der Waals surface area contributed by atoms with Gasteiger partial charge in [-0.25, -0.2) is 9.18 Å². The summed E-state index contributed by atoms with van der Waals surface area (Å²) in [5.41, 5.74) is 1.82. The van der Waals surface area contributed by atoms with Crippen LogP contribution in [0.3, 0.4) is 0 Å². The molecule has 3 atom stereocenters. The van der Waals surface area contributed by atoms with Crippen molar-refractivity contribution in [1.29, 1.82) is 0 Å². The van der Waals surface area contributed by atoms with E-state index in [1.54, 1.807) is 24.0 Å². The van der Waals surface area contributed by atoms with Crippen LogP contribution in [0.1, 0.15) is 97.6 Å². The topological polar surface area (TPSA) is 82.1 Å². The van der Waals surface area contributed by atoms with Crippen LogP contribution in [0.25, 0.3) is 0 Å². The molecule has 2 aliphatic rings. The minimum Gasteiger partial charge on any atom is -0.486 e. The number of unbranched alkanes of at least 4 members (excludes halogenated alkanes) is 1. The molecule has 2 aromatic rings. The van der Waals surface area contributed by atoms with Gasteiger partial charge < -0.3 is 19.1 Å². The number of halogens is 1. The Bertz CT molecular complexity index is 1210. The molecule has 0 saturated carbocycles. The number of amides is 1. The molecule has 0 bridgehead atoms. The Morgan fingerprint density at radius 2 is 1.82 bits per heavy atom. The van der Waals surface area contributed by atoms with E-state index in [4.69, 9.17) is 14.2 Å². The Morgan fingerprint density at radius 1 is 1.07 bits per heavy atom. The Hall–Kier alpha value is -3.26. The third kappa shape index (κ3) is 7.08. The minimum atomic E-state index is -0.748. The summed E-state index contributed by atoms with van der Waals surface area (Å²) >= 11 is 0. The summed E-state index contributed by atoms with van der Waals surface area (Å²) < 4.78 is 31.4. The van der Waals surface area contributed by atoms with Crippen LogP contribution in [-0.4, -0.2) is 66.7 Å². The zero-order chi connectivity index (χ0) is 28.9. The lowest BCUT2D eigenvalue weighted by Crippen LogP contribution is -2.47. The van der Waals surface area contributed by atoms with Crippen LogP contribution in [-0.2, 0) is 9.47 Å². The molecule has 2 aromatic carbocycles. The molecule has 4 rings (SSSR count). The fourth-order valence-electron chi connectivity index (χ4n) is 5.36. The van der Waals surface area contributed by atoms with Gasteiger partial charge in [0.05, 0.1) is 30.7 Å². The van der Waals surface area contributed by atoms with E-state index in [1.807, 2.05) is 51.1 Å². The van der Waals surface area contributed by atoms with Crippen molar-refractivity contribution in [2.24, 2.45) is 0 Å². The average molecular weight is 554 g/mol. The fraction of sp³-hybridized carbons (Fsp3) is 0.531. The summed E-state index contributed by atoms with van der Waals surface area (Å²) in [5.74, 6) is -0.206. The SMILES string of the molecule is CCC(=O)c1cc(C(=O)CCCC[C@@H]2CN(C(=O)OC(C)(C)C)CCO2)cc2c1O[C@H](CF)[C@H]2c1ccccc1. The third-order valence-corrected chi connectivity index (χ3v) is 7.32. The van der Waals surface area contributed by atoms with Gasteiger partial charge in [0.15, 0.2) is 11.6 Å². The predicted octanol–water partition coefficient (Wildman–Crippen LogP) is 6.52. The molecule has 0 unspecified atom stereocenters. The van der Waals surface area contributed by atoms with Crippen LogP contribution in [0, 0.1) is 0 Å². The van der Waals surface area contributed by atoms with Gasteiger partial charge in [-0.3, -0.25) is 9.59 Å². The largest absolute Gasteiger partial charge is 0.486 e. The Labute approximate surface area is 236 Å². The maximum Gasteiger partial charge on any atom is 0.410 e. The van der Waals surface area contributed by atoms with Gasteiger partial charge >= 0.3 is 6.09 Å². The lowest BCUT2D eigenvalue weighted by Gasteiger charge is -2.34. The van der Waals surface area contributed by atoms with E-state index in [0.29, 0.717) is 55.0 Å². The molecule has 2 aliphatic heterocycles. The number of ketones is 2. The number of morpholine rings is 1. The Morgan fingerprint density at radius 3 is 2.50 bits per heavy atom. The number of Topliss-reactive ketones (excluding diaryl/α,β-unsaturated/α-hetero) is 2. The van der Waals surface area contributed by atoms with Crippen molar-refractivity contribution in [1.82, 2.24) is 4.90 Å². The first-order valence-corrected chi connectivity index (χ1v) is 14.2. The van der Waals surface area contributed by atoms with Gasteiger partial charge in [0, 0.05) is 30.5 Å². The summed E-state index contributed by atoms with van der Waals surface area (Å²) in [5, 5.41) is 0. The second kappa shape index (κ2) is 12.9. The Kier molecular flexibility index (Phi) is 9.61. The molecule has 2 heterocycles. The van der Waals surface area contributed by atoms with Crippen molar-refractivity contribution in [3.05, 3.63) is 64.7 Å². The zero-order valence-corrected chi connectivity index (χ0v) is 23.9. The maximum atomic E-state index is 14.1. The molecule has 40 heavy (non-hydrogen) atoms. The number of fused-ring (bicyclic) bond motifs is 1. The number of ether oxygens (including phenoxy) is 3. The van der Waals surface area contributed by atoms with Crippen LogP contribution in [0.2, 0.25) is 0 Å². The second-order valence-electron chi connectivity index (χ2n) is 11.5. The standard InChI is InChI=1S/C32H40FNO6/c1-5-26(35)24-17-22(18-25-29(21-11-7-6-8-12-21)28(19-33)39-30(24)25)27(36)14-10-9-13-23-20-34(15-16-38-23)31(37)40-32(2,3)4/h6-8,11-12,17-18,23,28-29H,5,9-10,13-16,19-20H2,1-4H3/t23-,28-,29+/m1/s1. The summed E-state index contributed by atoms with van der Waals surface area (Å²) in [6.45, 7) is 8.01. The number of alkyl halides is 1. The van der Waals surface area contributed by atoms with Crippen molar-refractivity contribution in [3.8, 4) is 5.75 Å². The molecule has 8 heteroatoms. The van der Waals surface area contributed by atoms with Crippen molar-refractivity contribution < 1.29 is 33.0 Å². The van der Waals surface area contributed by atoms with Gasteiger partial charge in [0.25, 0.3) is 0 Å². The molecule has 0 aliphatic carbocycles. The van der Waals surface area contributed by atoms with E-state index in [2.05, 4.69) is 0 Å². The maximum absolute atomic E-state index is 14.1. The molecule has 0 N–H and O–H groups in total. The van der Waals surface area contributed by atoms with Crippen LogP contribution in [0.15, 0.2) is 42.5 Å². The van der Waals surface area contributed by atoms with Gasteiger partial charge in [0.2, 0.25) is 0 Å². The monoisotopic (exact) mass is 553 g/mol. The van der Waals surface area contributed by atoms with E-state index >= 15 is 0 Å². The van der Waals surface area contributed by atoms with Gasteiger partial charge in [-0.15, -0.1) is 0 Å². The number of carbonyl (C=O) groups is 3. The van der Waals surface area contributed by atoms with E-state index in [0.717, 1.165) is 18.4 Å². The van der Waals surface area contributed by atoms with Crippen molar-refractivity contribution in [2.45, 2.75) is 83.5 Å². The number of hydrogen-bond acceptors (Lipinski definition) is 6. The molecule has 1 amide bonds. The van der Waals surface area contributed by atoms with E-state index in [1.165, 1.54) is 0 Å². The number of nitrogens with zero attached hydrogens (tertiary/aromatic N) is 1. The zero-order valence-electron chi connectivity index (χ0n) is 23.9. The number of hydrogen-bond donors (Lipinski definition) is 0. The second-order valence-corrected chi connectivity index (χ2v) is 11.5. The number of benzene rings is 2. The van der Waals surface area contributed by atoms with Gasteiger partial charge in [0.1, 0.15) is 24.1 Å². The van der Waals surface area contributed by atoms with Crippen LogP contribution in [0.5, 0.6) is 5.75 Å². The molecule has 216 valence electrons. The minimum absolute atomic E-state index is 0.0663. The smallest absolute Gasteiger partial charge is 0.410 e. The molecule has 1 fully saturated rings. The molecule has 0 spiro atoms. The first-order chi connectivity index (χ1) is 19.1. The van der Waals surface area contributed by atoms with E-state index in [-0.39, 0.29) is 30.2 Å². The normalized spacial score (nSPS) is 20.5. The highest BCUT2D eigenvalue weighted by Gasteiger charge is 2.39. The van der Waals surface area contributed by atoms with E-state index in [9.17, 15) is 18.8 Å². The third-order valence-electron chi connectivity index (χ3n) is 7.32. The highest BCUT2D eigenvalue weighted by atomic mass is 19.1. The van der Waals surface area contributed by atoms with Gasteiger partial charge in [-0.1, -0.05) is 43.7 Å². The molecule has 7 nitrogen and oxygen atoms in total. The first-order valence-electron chi connectivity index (χ1n) is 14.2.